The lowest BCUT2D eigenvalue weighted by Crippen LogP contribution is -2.08. The predicted octanol–water partition coefficient (Wildman–Crippen LogP) is 12.6. The van der Waals surface area contributed by atoms with E-state index in [-0.39, 0.29) is 0 Å². The number of aryl methyl sites for hydroxylation is 1. The fourth-order valence-corrected chi connectivity index (χ4v) is 5.12. The first-order chi connectivity index (χ1) is 19.2. The maximum atomic E-state index is 5.14. The molecule has 3 aromatic rings. The molecule has 0 unspecified atom stereocenters. The van der Waals surface area contributed by atoms with E-state index in [2.05, 4.69) is 130 Å². The van der Waals surface area contributed by atoms with Crippen LogP contribution in [0.15, 0.2) is 83.5 Å². The molecule has 1 heteroatoms. The minimum atomic E-state index is 0.404. The van der Waals surface area contributed by atoms with Gasteiger partial charge in [0.25, 0.3) is 0 Å². The third-order valence-corrected chi connectivity index (χ3v) is 7.05. The van der Waals surface area contributed by atoms with Gasteiger partial charge in [0, 0.05) is 6.42 Å². The van der Waals surface area contributed by atoms with Crippen molar-refractivity contribution in [2.75, 3.05) is 0 Å². The predicted molar refractivity (Wildman–Crippen MR) is 182 cm³/mol. The van der Waals surface area contributed by atoms with E-state index in [1.807, 2.05) is 12.1 Å². The highest BCUT2D eigenvalue weighted by Gasteiger charge is 2.15. The molecule has 0 amide bonds. The lowest BCUT2D eigenvalue weighted by atomic mass is 9.88. The van der Waals surface area contributed by atoms with Gasteiger partial charge >= 0.3 is 0 Å². The lowest BCUT2D eigenvalue weighted by molar-refractivity contribution is 0.378. The van der Waals surface area contributed by atoms with Crippen LogP contribution in [-0.2, 0) is 19.3 Å². The monoisotopic (exact) mass is 560 g/mol. The molecule has 0 saturated heterocycles. The second kappa shape index (κ2) is 19.8. The number of rotatable bonds is 7. The molecular formula is C40H64O. The second-order valence-electron chi connectivity index (χ2n) is 15.2. The van der Waals surface area contributed by atoms with E-state index in [1.165, 1.54) is 56.1 Å². The molecule has 4 rings (SSSR count). The Hall–Kier alpha value is -2.28. The molecule has 0 aliphatic heterocycles. The SMILES string of the molecule is CC(C)(C)CCc1ccccc1.CC(C)(C)Cc1ccccc1.CC(C)CC1CCCC1.CC(C)Cc1ccco1. The highest BCUT2D eigenvalue weighted by Crippen LogP contribution is 2.29. The zero-order chi connectivity index (χ0) is 30.7. The second-order valence-corrected chi connectivity index (χ2v) is 15.2. The summed E-state index contributed by atoms with van der Waals surface area (Å²) >= 11 is 0. The molecule has 1 heterocycles. The zero-order valence-electron chi connectivity index (χ0n) is 28.5. The van der Waals surface area contributed by atoms with Gasteiger partial charge in [-0.25, -0.2) is 0 Å². The van der Waals surface area contributed by atoms with Gasteiger partial charge in [-0.05, 0) is 77.5 Å². The fourth-order valence-electron chi connectivity index (χ4n) is 5.12. The molecule has 230 valence electrons. The summed E-state index contributed by atoms with van der Waals surface area (Å²) in [5.74, 6) is 3.79. The Balaban J connectivity index is 0.000000275. The number of furan rings is 1. The van der Waals surface area contributed by atoms with Crippen LogP contribution in [0, 0.1) is 28.6 Å². The van der Waals surface area contributed by atoms with Gasteiger partial charge < -0.3 is 4.42 Å². The van der Waals surface area contributed by atoms with Crippen molar-refractivity contribution in [1.29, 1.82) is 0 Å². The smallest absolute Gasteiger partial charge is 0.104 e. The summed E-state index contributed by atoms with van der Waals surface area (Å²) in [4.78, 5) is 0. The molecule has 1 nitrogen and oxygen atoms in total. The van der Waals surface area contributed by atoms with Crippen molar-refractivity contribution in [3.63, 3.8) is 0 Å². The van der Waals surface area contributed by atoms with E-state index in [9.17, 15) is 0 Å². The first-order valence-corrected chi connectivity index (χ1v) is 16.3. The van der Waals surface area contributed by atoms with Crippen LogP contribution in [0.3, 0.4) is 0 Å². The molecule has 2 aromatic carbocycles. The van der Waals surface area contributed by atoms with E-state index < -0.39 is 0 Å². The summed E-state index contributed by atoms with van der Waals surface area (Å²) < 4.78 is 5.14. The first kappa shape index (κ1) is 36.7. The molecule has 0 N–H and O–H groups in total. The van der Waals surface area contributed by atoms with Crippen molar-refractivity contribution in [2.24, 2.45) is 28.6 Å². The highest BCUT2D eigenvalue weighted by atomic mass is 16.3. The highest BCUT2D eigenvalue weighted by molar-refractivity contribution is 5.16. The molecule has 0 bridgehead atoms. The third kappa shape index (κ3) is 22.0. The molecule has 1 saturated carbocycles. The van der Waals surface area contributed by atoms with Crippen LogP contribution < -0.4 is 0 Å². The van der Waals surface area contributed by atoms with Gasteiger partial charge in [-0.1, -0.05) is 156 Å². The summed E-state index contributed by atoms with van der Waals surface area (Å²) in [5, 5.41) is 0. The molecule has 1 aromatic heterocycles. The van der Waals surface area contributed by atoms with Crippen LogP contribution in [0.4, 0.5) is 0 Å². The van der Waals surface area contributed by atoms with Crippen LogP contribution >= 0.6 is 0 Å². The van der Waals surface area contributed by atoms with Crippen molar-refractivity contribution >= 4 is 0 Å². The largest absolute Gasteiger partial charge is 0.469 e. The third-order valence-electron chi connectivity index (χ3n) is 7.05. The molecule has 0 spiro atoms. The first-order valence-electron chi connectivity index (χ1n) is 16.3. The average molecular weight is 561 g/mol. The van der Waals surface area contributed by atoms with Gasteiger partial charge in [0.15, 0.2) is 0 Å². The van der Waals surface area contributed by atoms with Crippen LogP contribution in [0.5, 0.6) is 0 Å². The van der Waals surface area contributed by atoms with E-state index in [0.717, 1.165) is 30.4 Å². The summed E-state index contributed by atoms with van der Waals surface area (Å²) in [6.07, 6.45) is 13.9. The summed E-state index contributed by atoms with van der Waals surface area (Å²) in [5.41, 5.74) is 3.74. The van der Waals surface area contributed by atoms with Gasteiger partial charge in [0.1, 0.15) is 5.76 Å². The van der Waals surface area contributed by atoms with Gasteiger partial charge in [-0.3, -0.25) is 0 Å². The Kier molecular flexibility index (Phi) is 17.7. The molecular weight excluding hydrogens is 496 g/mol. The van der Waals surface area contributed by atoms with Crippen molar-refractivity contribution < 1.29 is 4.42 Å². The minimum Gasteiger partial charge on any atom is -0.469 e. The Morgan fingerprint density at radius 3 is 1.61 bits per heavy atom. The van der Waals surface area contributed by atoms with Crippen molar-refractivity contribution in [2.45, 2.75) is 127 Å². The average Bonchev–Trinajstić information content (AvgIpc) is 3.58. The van der Waals surface area contributed by atoms with Crippen molar-refractivity contribution in [3.05, 3.63) is 95.9 Å². The Morgan fingerprint density at radius 1 is 0.659 bits per heavy atom. The van der Waals surface area contributed by atoms with Gasteiger partial charge in [0.05, 0.1) is 6.26 Å². The fraction of sp³-hybridized carbons (Fsp3) is 0.600. The number of benzene rings is 2. The summed E-state index contributed by atoms with van der Waals surface area (Å²) in [6, 6.07) is 25.3. The van der Waals surface area contributed by atoms with Crippen molar-refractivity contribution in [1.82, 2.24) is 0 Å². The van der Waals surface area contributed by atoms with Gasteiger partial charge in [-0.15, -0.1) is 0 Å². The quantitative estimate of drug-likeness (QED) is 0.280. The standard InChI is InChI=1S/C12H18.C11H16.C9H18.C8H12O/c1-12(2,3)10-9-11-7-5-4-6-8-11;1-11(2,3)9-10-7-5-4-6-8-10;1-8(2)7-9-5-3-4-6-9;1-7(2)6-8-4-3-5-9-8/h4-8H,9-10H2,1-3H3;4-8H,9H2,1-3H3;8-9H,3-7H2,1-2H3;3-5,7H,6H2,1-2H3. The van der Waals surface area contributed by atoms with Crippen LogP contribution in [0.25, 0.3) is 0 Å². The van der Waals surface area contributed by atoms with E-state index in [4.69, 9.17) is 4.42 Å². The zero-order valence-corrected chi connectivity index (χ0v) is 28.5. The maximum Gasteiger partial charge on any atom is 0.104 e. The molecule has 1 aliphatic rings. The van der Waals surface area contributed by atoms with E-state index >= 15 is 0 Å². The maximum absolute atomic E-state index is 5.14. The Morgan fingerprint density at radius 2 is 1.20 bits per heavy atom. The lowest BCUT2D eigenvalue weighted by Gasteiger charge is -2.17. The topological polar surface area (TPSA) is 13.1 Å². The summed E-state index contributed by atoms with van der Waals surface area (Å²) in [6.45, 7) is 22.7. The normalized spacial score (nSPS) is 13.6. The molecule has 1 fully saturated rings. The van der Waals surface area contributed by atoms with E-state index in [0.29, 0.717) is 16.7 Å². The number of hydrogen-bond acceptors (Lipinski definition) is 1. The molecule has 0 radical (unpaired) electrons. The molecule has 0 atom stereocenters. The molecule has 1 aliphatic carbocycles. The van der Waals surface area contributed by atoms with Crippen molar-refractivity contribution in [3.8, 4) is 0 Å². The van der Waals surface area contributed by atoms with Crippen LogP contribution in [0.1, 0.15) is 125 Å². The van der Waals surface area contributed by atoms with Crippen LogP contribution in [-0.4, -0.2) is 0 Å². The molecule has 41 heavy (non-hydrogen) atoms. The minimum absolute atomic E-state index is 0.404. The van der Waals surface area contributed by atoms with Gasteiger partial charge in [0.2, 0.25) is 0 Å². The Bertz CT molecular complexity index is 963. The van der Waals surface area contributed by atoms with Gasteiger partial charge in [-0.2, -0.15) is 0 Å². The Labute approximate surface area is 255 Å². The number of hydrogen-bond donors (Lipinski definition) is 0. The van der Waals surface area contributed by atoms with Crippen LogP contribution in [0.2, 0.25) is 0 Å². The summed E-state index contributed by atoms with van der Waals surface area (Å²) in [7, 11) is 0. The van der Waals surface area contributed by atoms with E-state index in [1.54, 1.807) is 6.26 Å².